The number of carbonyl (C=O) groups is 1. The Bertz CT molecular complexity index is 440. The number of hydrogen-bond donors (Lipinski definition) is 0. The topological polar surface area (TPSA) is 64.1 Å². The van der Waals surface area contributed by atoms with E-state index in [0.717, 1.165) is 0 Å². The highest BCUT2D eigenvalue weighted by Crippen LogP contribution is 2.05. The molecule has 0 bridgehead atoms. The first-order chi connectivity index (χ1) is 7.55. The summed E-state index contributed by atoms with van der Waals surface area (Å²) in [6.07, 6.45) is 3.73. The van der Waals surface area contributed by atoms with E-state index in [4.69, 9.17) is 0 Å². The number of carbonyl (C=O) groups excluding carboxylic acids is 1. The molecule has 0 amide bonds. The molecule has 0 aliphatic heterocycles. The third kappa shape index (κ3) is 4.10. The Morgan fingerprint density at radius 1 is 1.44 bits per heavy atom. The Hall–Kier alpha value is -1.23. The van der Waals surface area contributed by atoms with Gasteiger partial charge >= 0.3 is 0 Å². The number of sulfone groups is 1. The summed E-state index contributed by atoms with van der Waals surface area (Å²) >= 11 is 0. The van der Waals surface area contributed by atoms with Gasteiger partial charge in [-0.15, -0.1) is 0 Å². The molecule has 0 aliphatic rings. The molecule has 4 nitrogen and oxygen atoms in total. The minimum absolute atomic E-state index is 0.0561. The van der Waals surface area contributed by atoms with Crippen molar-refractivity contribution in [3.05, 3.63) is 30.1 Å². The Balaban J connectivity index is 2.43. The van der Waals surface area contributed by atoms with Crippen LogP contribution in [-0.4, -0.2) is 30.7 Å². The van der Waals surface area contributed by atoms with Gasteiger partial charge in [0.15, 0.2) is 5.78 Å². The monoisotopic (exact) mass is 241 g/mol. The molecule has 16 heavy (non-hydrogen) atoms. The largest absolute Gasteiger partial charge is 0.294 e. The molecule has 88 valence electrons. The molecule has 0 saturated heterocycles. The van der Waals surface area contributed by atoms with Crippen LogP contribution in [0.25, 0.3) is 0 Å². The number of aromatic nitrogens is 1. The standard InChI is InChI=1S/C11H15NO3S/c1-2-16(14,15)8-4-6-11(13)10-5-3-7-12-9-10/h3,5,7,9H,2,4,6,8H2,1H3. The fourth-order valence-corrected chi connectivity index (χ4v) is 2.14. The maximum atomic E-state index is 11.6. The molecule has 0 spiro atoms. The van der Waals surface area contributed by atoms with Crippen LogP contribution in [0.3, 0.4) is 0 Å². The van der Waals surface area contributed by atoms with E-state index >= 15 is 0 Å². The summed E-state index contributed by atoms with van der Waals surface area (Å²) in [6, 6.07) is 3.37. The molecule has 1 aromatic heterocycles. The highest BCUT2D eigenvalue weighted by Gasteiger charge is 2.10. The highest BCUT2D eigenvalue weighted by molar-refractivity contribution is 7.91. The molecule has 0 N–H and O–H groups in total. The van der Waals surface area contributed by atoms with Crippen molar-refractivity contribution in [1.29, 1.82) is 0 Å². The van der Waals surface area contributed by atoms with Gasteiger partial charge in [0.2, 0.25) is 0 Å². The molecule has 5 heteroatoms. The van der Waals surface area contributed by atoms with Crippen LogP contribution < -0.4 is 0 Å². The van der Waals surface area contributed by atoms with Crippen molar-refractivity contribution in [2.75, 3.05) is 11.5 Å². The summed E-state index contributed by atoms with van der Waals surface area (Å²) in [7, 11) is -2.97. The second-order valence-corrected chi connectivity index (χ2v) is 5.98. The van der Waals surface area contributed by atoms with Gasteiger partial charge in [-0.25, -0.2) is 8.42 Å². The second kappa shape index (κ2) is 5.75. The lowest BCUT2D eigenvalue weighted by atomic mass is 10.1. The smallest absolute Gasteiger partial charge is 0.164 e. The van der Waals surface area contributed by atoms with E-state index in [0.29, 0.717) is 12.0 Å². The van der Waals surface area contributed by atoms with Crippen LogP contribution in [0.2, 0.25) is 0 Å². The lowest BCUT2D eigenvalue weighted by molar-refractivity contribution is 0.0981. The molecule has 0 unspecified atom stereocenters. The number of Topliss-reactive ketones (excluding diaryl/α,β-unsaturated/α-hetero) is 1. The van der Waals surface area contributed by atoms with Gasteiger partial charge in [0.25, 0.3) is 0 Å². The Morgan fingerprint density at radius 2 is 2.19 bits per heavy atom. The Kier molecular flexibility index (Phi) is 4.61. The maximum Gasteiger partial charge on any atom is 0.164 e. The van der Waals surface area contributed by atoms with Gasteiger partial charge in [-0.2, -0.15) is 0 Å². The van der Waals surface area contributed by atoms with Gasteiger partial charge in [0.1, 0.15) is 9.84 Å². The molecular formula is C11H15NO3S. The van der Waals surface area contributed by atoms with E-state index in [9.17, 15) is 13.2 Å². The summed E-state index contributed by atoms with van der Waals surface area (Å²) in [5.41, 5.74) is 0.538. The summed E-state index contributed by atoms with van der Waals surface area (Å²) in [5, 5.41) is 0. The first-order valence-corrected chi connectivity index (χ1v) is 7.01. The number of rotatable bonds is 6. The van der Waals surface area contributed by atoms with E-state index in [1.807, 2.05) is 0 Å². The van der Waals surface area contributed by atoms with Crippen molar-refractivity contribution >= 4 is 15.6 Å². The van der Waals surface area contributed by atoms with E-state index < -0.39 is 9.84 Å². The molecule has 1 rings (SSSR count). The van der Waals surface area contributed by atoms with Crippen LogP contribution in [0.1, 0.15) is 30.1 Å². The van der Waals surface area contributed by atoms with Gasteiger partial charge in [0.05, 0.1) is 5.75 Å². The zero-order chi connectivity index (χ0) is 12.0. The molecular weight excluding hydrogens is 226 g/mol. The van der Waals surface area contributed by atoms with Crippen LogP contribution in [0.15, 0.2) is 24.5 Å². The fraction of sp³-hybridized carbons (Fsp3) is 0.455. The van der Waals surface area contributed by atoms with Gasteiger partial charge in [-0.05, 0) is 18.6 Å². The first kappa shape index (κ1) is 12.8. The van der Waals surface area contributed by atoms with Crippen molar-refractivity contribution < 1.29 is 13.2 Å². The predicted molar refractivity (Wildman–Crippen MR) is 62.1 cm³/mol. The molecule has 0 fully saturated rings. The number of hydrogen-bond acceptors (Lipinski definition) is 4. The van der Waals surface area contributed by atoms with Crippen LogP contribution >= 0.6 is 0 Å². The second-order valence-electron chi connectivity index (χ2n) is 3.50. The molecule has 0 radical (unpaired) electrons. The Labute approximate surface area is 95.6 Å². The SMILES string of the molecule is CCS(=O)(=O)CCCC(=O)c1cccnc1. The number of ketones is 1. The van der Waals surface area contributed by atoms with Gasteiger partial charge in [-0.3, -0.25) is 9.78 Å². The van der Waals surface area contributed by atoms with Gasteiger partial charge < -0.3 is 0 Å². The minimum atomic E-state index is -2.97. The lowest BCUT2D eigenvalue weighted by Gasteiger charge is -2.01. The van der Waals surface area contributed by atoms with Crippen molar-refractivity contribution in [1.82, 2.24) is 4.98 Å². The lowest BCUT2D eigenvalue weighted by Crippen LogP contribution is -2.10. The normalized spacial score (nSPS) is 11.3. The molecule has 1 heterocycles. The van der Waals surface area contributed by atoms with Gasteiger partial charge in [-0.1, -0.05) is 6.92 Å². The molecule has 0 aromatic carbocycles. The zero-order valence-electron chi connectivity index (χ0n) is 9.22. The minimum Gasteiger partial charge on any atom is -0.294 e. The molecule has 0 aliphatic carbocycles. The van der Waals surface area contributed by atoms with Crippen molar-refractivity contribution in [3.63, 3.8) is 0 Å². The van der Waals surface area contributed by atoms with Crippen LogP contribution in [0.4, 0.5) is 0 Å². The summed E-state index contributed by atoms with van der Waals surface area (Å²) in [5.74, 6) is 0.156. The van der Waals surface area contributed by atoms with Gasteiger partial charge in [0, 0.05) is 30.1 Å². The number of nitrogens with zero attached hydrogens (tertiary/aromatic N) is 1. The molecule has 0 atom stereocenters. The maximum absolute atomic E-state index is 11.6. The average Bonchev–Trinajstić information content (AvgIpc) is 2.30. The summed E-state index contributed by atoms with van der Waals surface area (Å²) < 4.78 is 22.4. The summed E-state index contributed by atoms with van der Waals surface area (Å²) in [4.78, 5) is 15.4. The first-order valence-electron chi connectivity index (χ1n) is 5.19. The highest BCUT2D eigenvalue weighted by atomic mass is 32.2. The Morgan fingerprint density at radius 3 is 2.75 bits per heavy atom. The third-order valence-electron chi connectivity index (χ3n) is 2.28. The van der Waals surface area contributed by atoms with Crippen molar-refractivity contribution in [2.24, 2.45) is 0 Å². The number of pyridine rings is 1. The molecule has 1 aromatic rings. The zero-order valence-corrected chi connectivity index (χ0v) is 10.0. The van der Waals surface area contributed by atoms with Crippen molar-refractivity contribution in [3.8, 4) is 0 Å². The molecule has 0 saturated carbocycles. The van der Waals surface area contributed by atoms with Crippen molar-refractivity contribution in [2.45, 2.75) is 19.8 Å². The van der Waals surface area contributed by atoms with E-state index in [2.05, 4.69) is 4.98 Å². The van der Waals surface area contributed by atoms with E-state index in [1.54, 1.807) is 25.3 Å². The fourth-order valence-electron chi connectivity index (χ4n) is 1.27. The van der Waals surface area contributed by atoms with Crippen LogP contribution in [0.5, 0.6) is 0 Å². The van der Waals surface area contributed by atoms with Crippen LogP contribution in [0, 0.1) is 0 Å². The average molecular weight is 241 g/mol. The third-order valence-corrected chi connectivity index (χ3v) is 4.07. The quantitative estimate of drug-likeness (QED) is 0.708. The van der Waals surface area contributed by atoms with E-state index in [-0.39, 0.29) is 23.7 Å². The summed E-state index contributed by atoms with van der Waals surface area (Å²) in [6.45, 7) is 1.61. The van der Waals surface area contributed by atoms with E-state index in [1.165, 1.54) is 6.20 Å². The predicted octanol–water partition coefficient (Wildman–Crippen LogP) is 1.48. The van der Waals surface area contributed by atoms with Crippen LogP contribution in [-0.2, 0) is 9.84 Å².